The van der Waals surface area contributed by atoms with Crippen molar-refractivity contribution in [2.75, 3.05) is 31.1 Å². The summed E-state index contributed by atoms with van der Waals surface area (Å²) in [5.74, 6) is 1.16. The average Bonchev–Trinajstić information content (AvgIpc) is 3.20. The summed E-state index contributed by atoms with van der Waals surface area (Å²) in [7, 11) is 0. The van der Waals surface area contributed by atoms with E-state index in [2.05, 4.69) is 59.0 Å². The van der Waals surface area contributed by atoms with Crippen molar-refractivity contribution in [3.05, 3.63) is 64.5 Å². The first-order valence-corrected chi connectivity index (χ1v) is 10.1. The molecule has 3 aromatic rings. The molecule has 0 spiro atoms. The van der Waals surface area contributed by atoms with E-state index >= 15 is 0 Å². The lowest BCUT2D eigenvalue weighted by Gasteiger charge is -2.38. The molecule has 1 aromatic heterocycles. The van der Waals surface area contributed by atoms with E-state index in [-0.39, 0.29) is 6.04 Å². The molecular weight excluding hydrogens is 372 g/mol. The number of aromatic nitrogens is 2. The number of aryl methyl sites for hydroxylation is 1. The van der Waals surface area contributed by atoms with Gasteiger partial charge in [0, 0.05) is 42.5 Å². The smallest absolute Gasteiger partial charge is 0.247 e. The summed E-state index contributed by atoms with van der Waals surface area (Å²) >= 11 is 6.07. The third-order valence-electron chi connectivity index (χ3n) is 5.65. The summed E-state index contributed by atoms with van der Waals surface area (Å²) in [6.07, 6.45) is 0. The molecule has 1 atom stereocenters. The van der Waals surface area contributed by atoms with Crippen LogP contribution in [0.25, 0.3) is 11.5 Å². The van der Waals surface area contributed by atoms with Crippen molar-refractivity contribution in [3.63, 3.8) is 0 Å². The van der Waals surface area contributed by atoms with Crippen LogP contribution in [0.15, 0.2) is 46.9 Å². The highest BCUT2D eigenvalue weighted by atomic mass is 35.5. The van der Waals surface area contributed by atoms with Crippen molar-refractivity contribution >= 4 is 17.3 Å². The Kier molecular flexibility index (Phi) is 5.38. The highest BCUT2D eigenvalue weighted by Crippen LogP contribution is 2.28. The fraction of sp³-hybridized carbons (Fsp3) is 0.364. The van der Waals surface area contributed by atoms with Gasteiger partial charge in [-0.1, -0.05) is 29.8 Å². The van der Waals surface area contributed by atoms with Gasteiger partial charge >= 0.3 is 0 Å². The van der Waals surface area contributed by atoms with Gasteiger partial charge in [0.05, 0.1) is 6.04 Å². The van der Waals surface area contributed by atoms with Crippen LogP contribution in [-0.4, -0.2) is 41.3 Å². The van der Waals surface area contributed by atoms with Gasteiger partial charge in [-0.25, -0.2) is 0 Å². The fourth-order valence-electron chi connectivity index (χ4n) is 3.73. The number of nitrogens with zero attached hydrogens (tertiary/aromatic N) is 4. The third kappa shape index (κ3) is 3.77. The molecule has 0 saturated carbocycles. The van der Waals surface area contributed by atoms with E-state index in [1.165, 1.54) is 16.8 Å². The van der Waals surface area contributed by atoms with Crippen molar-refractivity contribution < 1.29 is 4.42 Å². The van der Waals surface area contributed by atoms with Crippen molar-refractivity contribution in [1.82, 2.24) is 15.1 Å². The van der Waals surface area contributed by atoms with Crippen molar-refractivity contribution in [3.8, 4) is 11.5 Å². The van der Waals surface area contributed by atoms with Crippen LogP contribution in [0.4, 0.5) is 5.69 Å². The van der Waals surface area contributed by atoms with Crippen molar-refractivity contribution in [2.24, 2.45) is 0 Å². The van der Waals surface area contributed by atoms with Crippen LogP contribution in [-0.2, 0) is 0 Å². The Morgan fingerprint density at radius 1 is 1.00 bits per heavy atom. The molecule has 0 unspecified atom stereocenters. The summed E-state index contributed by atoms with van der Waals surface area (Å²) in [5, 5.41) is 9.16. The fourth-order valence-corrected chi connectivity index (χ4v) is 3.92. The Hall–Kier alpha value is -2.37. The first kappa shape index (κ1) is 19.0. The zero-order chi connectivity index (χ0) is 19.7. The second-order valence-corrected chi connectivity index (χ2v) is 7.81. The molecule has 0 N–H and O–H groups in total. The SMILES string of the molecule is Cc1cccc(N2CCN([C@@H](C)c3nnc(-c4cccc(Cl)c4)o3)CC2)c1C. The van der Waals surface area contributed by atoms with Crippen LogP contribution in [0.5, 0.6) is 0 Å². The minimum absolute atomic E-state index is 0.0844. The molecule has 0 aliphatic carbocycles. The van der Waals surface area contributed by atoms with Gasteiger partial charge in [0.2, 0.25) is 11.8 Å². The molecule has 0 bridgehead atoms. The Bertz CT molecular complexity index is 963. The quantitative estimate of drug-likeness (QED) is 0.628. The molecule has 1 aliphatic heterocycles. The molecule has 1 aliphatic rings. The molecule has 4 rings (SSSR count). The van der Waals surface area contributed by atoms with Gasteiger partial charge in [-0.3, -0.25) is 4.90 Å². The van der Waals surface area contributed by atoms with E-state index in [1.54, 1.807) is 0 Å². The Morgan fingerprint density at radius 3 is 2.50 bits per heavy atom. The molecule has 1 saturated heterocycles. The van der Waals surface area contributed by atoms with Crippen LogP contribution in [0.3, 0.4) is 0 Å². The van der Waals surface area contributed by atoms with Gasteiger partial charge in [-0.05, 0) is 56.2 Å². The molecule has 0 radical (unpaired) electrons. The van der Waals surface area contributed by atoms with E-state index in [9.17, 15) is 0 Å². The summed E-state index contributed by atoms with van der Waals surface area (Å²) in [6, 6.07) is 14.1. The van der Waals surface area contributed by atoms with E-state index in [4.69, 9.17) is 16.0 Å². The van der Waals surface area contributed by atoms with Gasteiger partial charge in [0.15, 0.2) is 0 Å². The monoisotopic (exact) mass is 396 g/mol. The molecular formula is C22H25ClN4O. The van der Waals surface area contributed by atoms with Crippen LogP contribution in [0, 0.1) is 13.8 Å². The standard InChI is InChI=1S/C22H25ClN4O/c1-15-6-4-9-20(16(15)2)27-12-10-26(11-13-27)17(3)21-24-25-22(28-21)18-7-5-8-19(23)14-18/h4-9,14,17H,10-13H2,1-3H3/t17-/m0/s1. The molecule has 2 heterocycles. The van der Waals surface area contributed by atoms with Crippen LogP contribution >= 0.6 is 11.6 Å². The van der Waals surface area contributed by atoms with Crippen LogP contribution in [0.2, 0.25) is 5.02 Å². The van der Waals surface area contributed by atoms with Gasteiger partial charge < -0.3 is 9.32 Å². The maximum Gasteiger partial charge on any atom is 0.247 e. The molecule has 28 heavy (non-hydrogen) atoms. The van der Waals surface area contributed by atoms with E-state index in [0.29, 0.717) is 16.8 Å². The molecule has 146 valence electrons. The first-order chi connectivity index (χ1) is 13.5. The summed E-state index contributed by atoms with van der Waals surface area (Å²) in [5.41, 5.74) is 4.89. The maximum absolute atomic E-state index is 6.07. The summed E-state index contributed by atoms with van der Waals surface area (Å²) < 4.78 is 5.95. The Labute approximate surface area is 170 Å². The van der Waals surface area contributed by atoms with E-state index in [1.807, 2.05) is 24.3 Å². The van der Waals surface area contributed by atoms with Gasteiger partial charge in [-0.2, -0.15) is 0 Å². The van der Waals surface area contributed by atoms with Gasteiger partial charge in [0.25, 0.3) is 0 Å². The van der Waals surface area contributed by atoms with Crippen LogP contribution < -0.4 is 4.90 Å². The normalized spacial score (nSPS) is 16.4. The van der Waals surface area contributed by atoms with Gasteiger partial charge in [-0.15, -0.1) is 10.2 Å². The topological polar surface area (TPSA) is 45.4 Å². The maximum atomic E-state index is 6.07. The number of piperazine rings is 1. The Morgan fingerprint density at radius 2 is 1.75 bits per heavy atom. The Balaban J connectivity index is 1.43. The van der Waals surface area contributed by atoms with Crippen molar-refractivity contribution in [2.45, 2.75) is 26.8 Å². The lowest BCUT2D eigenvalue weighted by atomic mass is 10.1. The minimum Gasteiger partial charge on any atom is -0.419 e. The molecule has 6 heteroatoms. The number of hydrogen-bond donors (Lipinski definition) is 0. The largest absolute Gasteiger partial charge is 0.419 e. The zero-order valence-corrected chi connectivity index (χ0v) is 17.3. The van der Waals surface area contributed by atoms with Crippen molar-refractivity contribution in [1.29, 1.82) is 0 Å². The molecule has 0 amide bonds. The first-order valence-electron chi connectivity index (χ1n) is 9.67. The lowest BCUT2D eigenvalue weighted by Crippen LogP contribution is -2.47. The van der Waals surface area contributed by atoms with Gasteiger partial charge in [0.1, 0.15) is 0 Å². The molecule has 5 nitrogen and oxygen atoms in total. The number of anilines is 1. The highest BCUT2D eigenvalue weighted by molar-refractivity contribution is 6.30. The average molecular weight is 397 g/mol. The third-order valence-corrected chi connectivity index (χ3v) is 5.88. The highest BCUT2D eigenvalue weighted by Gasteiger charge is 2.26. The number of benzene rings is 2. The molecule has 1 fully saturated rings. The second kappa shape index (κ2) is 7.94. The van der Waals surface area contributed by atoms with Crippen LogP contribution in [0.1, 0.15) is 30.0 Å². The molecule has 2 aromatic carbocycles. The summed E-state index contributed by atoms with van der Waals surface area (Å²) in [6.45, 7) is 10.4. The van der Waals surface area contributed by atoms with E-state index in [0.717, 1.165) is 31.7 Å². The number of rotatable bonds is 4. The van der Waals surface area contributed by atoms with E-state index < -0.39 is 0 Å². The number of halogens is 1. The zero-order valence-electron chi connectivity index (χ0n) is 16.5. The number of hydrogen-bond acceptors (Lipinski definition) is 5. The summed E-state index contributed by atoms with van der Waals surface area (Å²) in [4.78, 5) is 4.87. The predicted molar refractivity (Wildman–Crippen MR) is 113 cm³/mol. The predicted octanol–water partition coefficient (Wildman–Crippen LogP) is 4.89. The minimum atomic E-state index is 0.0844. The second-order valence-electron chi connectivity index (χ2n) is 7.37. The lowest BCUT2D eigenvalue weighted by molar-refractivity contribution is 0.173.